The second kappa shape index (κ2) is 14.5. The quantitative estimate of drug-likeness (QED) is 0.173. The number of thiazole rings is 1. The third-order valence-electron chi connectivity index (χ3n) is 8.67. The van der Waals surface area contributed by atoms with Crippen molar-refractivity contribution in [3.8, 4) is 11.3 Å². The Kier molecular flexibility index (Phi) is 10.2. The normalized spacial score (nSPS) is 17.6. The number of carboxylic acid groups (broad SMARTS) is 1. The zero-order valence-electron chi connectivity index (χ0n) is 25.9. The summed E-state index contributed by atoms with van der Waals surface area (Å²) in [5.41, 5.74) is 0.219. The van der Waals surface area contributed by atoms with Gasteiger partial charge in [0, 0.05) is 55.8 Å². The number of halogens is 5. The number of piperazine rings is 1. The molecule has 15 heteroatoms. The molecular weight excluding hydrogens is 653 g/mol. The number of aliphatic carboxylic acids is 1. The highest BCUT2D eigenvalue weighted by molar-refractivity contribution is 7.16. The lowest BCUT2D eigenvalue weighted by Gasteiger charge is -2.35. The number of nitrogens with one attached hydrogen (secondary N) is 1. The van der Waals surface area contributed by atoms with Crippen LogP contribution in [0.25, 0.3) is 11.3 Å². The predicted molar refractivity (Wildman–Crippen MR) is 172 cm³/mol. The van der Waals surface area contributed by atoms with Crippen LogP contribution < -0.4 is 10.2 Å². The number of carbonyl (C=O) groups is 1. The van der Waals surface area contributed by atoms with E-state index < -0.39 is 29.3 Å². The molecule has 254 valence electrons. The van der Waals surface area contributed by atoms with E-state index >= 15 is 4.39 Å². The van der Waals surface area contributed by atoms with Crippen LogP contribution in [0.15, 0.2) is 54.9 Å². The summed E-state index contributed by atoms with van der Waals surface area (Å²) < 4.78 is 71.4. The molecule has 0 unspecified atom stereocenters. The molecule has 2 aromatic carbocycles. The van der Waals surface area contributed by atoms with Crippen LogP contribution >= 0.6 is 11.3 Å². The van der Waals surface area contributed by atoms with E-state index in [2.05, 4.69) is 37.3 Å². The Balaban J connectivity index is 1.27. The summed E-state index contributed by atoms with van der Waals surface area (Å²) in [7, 11) is 0. The maximum absolute atomic E-state index is 15.8. The summed E-state index contributed by atoms with van der Waals surface area (Å²) in [5, 5.41) is 12.1. The number of nitrogens with zero attached hydrogens (tertiary/aromatic N) is 6. The molecule has 4 heterocycles. The van der Waals surface area contributed by atoms with Gasteiger partial charge in [-0.05, 0) is 49.6 Å². The van der Waals surface area contributed by atoms with Crippen molar-refractivity contribution in [2.75, 3.05) is 49.5 Å². The summed E-state index contributed by atoms with van der Waals surface area (Å²) >= 11 is 1.16. The Morgan fingerprint density at radius 3 is 2.52 bits per heavy atom. The molecule has 0 amide bonds. The lowest BCUT2D eigenvalue weighted by Crippen LogP contribution is -2.47. The number of likely N-dealkylation sites (tertiary alicyclic amines) is 1. The van der Waals surface area contributed by atoms with Crippen LogP contribution in [0, 0.1) is 11.6 Å². The Bertz CT molecular complexity index is 1730. The summed E-state index contributed by atoms with van der Waals surface area (Å²) in [5.74, 6) is -2.72. The van der Waals surface area contributed by atoms with Gasteiger partial charge in [-0.25, -0.2) is 19.3 Å². The van der Waals surface area contributed by atoms with Crippen LogP contribution in [0.3, 0.4) is 0 Å². The van der Waals surface area contributed by atoms with Crippen LogP contribution in [0.2, 0.25) is 0 Å². The minimum absolute atomic E-state index is 0.0201. The van der Waals surface area contributed by atoms with Crippen LogP contribution in [0.1, 0.15) is 35.3 Å². The molecule has 0 bridgehead atoms. The first-order valence-electron chi connectivity index (χ1n) is 15.7. The molecule has 2 aromatic heterocycles. The molecule has 0 aliphatic carbocycles. The van der Waals surface area contributed by atoms with E-state index in [1.807, 2.05) is 23.1 Å². The minimum Gasteiger partial charge on any atom is -0.481 e. The molecule has 2 saturated heterocycles. The molecule has 0 saturated carbocycles. The first-order chi connectivity index (χ1) is 23.0. The second-order valence-electron chi connectivity index (χ2n) is 11.9. The van der Waals surface area contributed by atoms with Crippen molar-refractivity contribution in [1.82, 2.24) is 24.8 Å². The summed E-state index contributed by atoms with van der Waals surface area (Å²) in [6, 6.07) is 12.6. The lowest BCUT2D eigenvalue weighted by atomic mass is 10.0. The van der Waals surface area contributed by atoms with Crippen LogP contribution in [-0.2, 0) is 23.9 Å². The van der Waals surface area contributed by atoms with Crippen molar-refractivity contribution in [1.29, 1.82) is 0 Å². The fraction of sp³-hybridized carbons (Fsp3) is 0.394. The number of anilines is 3. The van der Waals surface area contributed by atoms with E-state index in [1.54, 1.807) is 4.90 Å². The maximum atomic E-state index is 15.8. The number of carboxylic acids is 1. The van der Waals surface area contributed by atoms with Gasteiger partial charge in [-0.3, -0.25) is 14.6 Å². The molecular formula is C33H34F5N7O2S. The Labute approximate surface area is 278 Å². The molecule has 9 nitrogen and oxygen atoms in total. The van der Waals surface area contributed by atoms with Gasteiger partial charge in [0.25, 0.3) is 0 Å². The van der Waals surface area contributed by atoms with Gasteiger partial charge >= 0.3 is 12.1 Å². The van der Waals surface area contributed by atoms with Gasteiger partial charge in [0.15, 0.2) is 16.8 Å². The van der Waals surface area contributed by atoms with E-state index in [-0.39, 0.29) is 40.5 Å². The van der Waals surface area contributed by atoms with Gasteiger partial charge in [0.2, 0.25) is 5.82 Å². The van der Waals surface area contributed by atoms with Crippen LogP contribution in [0.4, 0.5) is 38.7 Å². The zero-order chi connectivity index (χ0) is 33.8. The second-order valence-corrected chi connectivity index (χ2v) is 13.0. The number of rotatable bonds is 11. The van der Waals surface area contributed by atoms with Crippen LogP contribution in [0.5, 0.6) is 0 Å². The highest BCUT2D eigenvalue weighted by Crippen LogP contribution is 2.39. The number of hydrogen-bond donors (Lipinski definition) is 2. The van der Waals surface area contributed by atoms with Gasteiger partial charge < -0.3 is 15.3 Å². The summed E-state index contributed by atoms with van der Waals surface area (Å²) in [6.07, 6.45) is -0.806. The topological polar surface area (TPSA) is 97.7 Å². The molecule has 2 fully saturated rings. The largest absolute Gasteiger partial charge is 0.481 e. The van der Waals surface area contributed by atoms with E-state index in [0.717, 1.165) is 49.3 Å². The molecule has 48 heavy (non-hydrogen) atoms. The van der Waals surface area contributed by atoms with Crippen LogP contribution in [-0.4, -0.2) is 81.1 Å². The third-order valence-corrected chi connectivity index (χ3v) is 9.62. The first kappa shape index (κ1) is 33.7. The van der Waals surface area contributed by atoms with Gasteiger partial charge in [-0.15, -0.1) is 0 Å². The molecule has 2 aliphatic heterocycles. The van der Waals surface area contributed by atoms with Gasteiger partial charge in [0.05, 0.1) is 17.7 Å². The lowest BCUT2D eigenvalue weighted by molar-refractivity contribution is -0.138. The van der Waals surface area contributed by atoms with E-state index in [9.17, 15) is 22.4 Å². The van der Waals surface area contributed by atoms with Crippen molar-refractivity contribution in [2.45, 2.75) is 44.4 Å². The Morgan fingerprint density at radius 1 is 1.02 bits per heavy atom. The highest BCUT2D eigenvalue weighted by Gasteiger charge is 2.33. The predicted octanol–water partition coefficient (Wildman–Crippen LogP) is 6.44. The van der Waals surface area contributed by atoms with E-state index in [4.69, 9.17) is 5.11 Å². The minimum atomic E-state index is -4.76. The van der Waals surface area contributed by atoms with E-state index in [1.165, 1.54) is 11.9 Å². The molecule has 4 aromatic rings. The van der Waals surface area contributed by atoms with Crippen molar-refractivity contribution in [3.05, 3.63) is 82.5 Å². The van der Waals surface area contributed by atoms with Crippen molar-refractivity contribution in [2.24, 2.45) is 0 Å². The first-order valence-corrected chi connectivity index (χ1v) is 16.5. The fourth-order valence-electron chi connectivity index (χ4n) is 6.24. The summed E-state index contributed by atoms with van der Waals surface area (Å²) in [4.78, 5) is 30.3. The van der Waals surface area contributed by atoms with E-state index in [0.29, 0.717) is 50.2 Å². The zero-order valence-corrected chi connectivity index (χ0v) is 26.7. The van der Waals surface area contributed by atoms with Crippen molar-refractivity contribution < 1.29 is 31.9 Å². The van der Waals surface area contributed by atoms with Gasteiger partial charge in [0.1, 0.15) is 12.1 Å². The Hall–Kier alpha value is -4.21. The number of aromatic nitrogens is 3. The third kappa shape index (κ3) is 8.08. The standard InChI is InChI=1S/C33H34F5N7O2S/c34-24-17-22(16-23(18-24)33(36,37)38)29-26(19-45-9-4-7-25(45)15-21-5-2-1-3-6-21)48-32(41-29)42-30-28(35)31(40-20-39-30)44-13-11-43(12-14-44)10-8-27(46)47/h1-3,5-6,16-18,20,25H,4,7-15,19H2,(H,46,47)(H,39,40,41,42)/t25-/m0/s1. The fourth-order valence-corrected chi connectivity index (χ4v) is 7.25. The van der Waals surface area contributed by atoms with Crippen molar-refractivity contribution in [3.63, 3.8) is 0 Å². The maximum Gasteiger partial charge on any atom is 0.416 e. The monoisotopic (exact) mass is 687 g/mol. The molecule has 0 spiro atoms. The average Bonchev–Trinajstić information content (AvgIpc) is 3.67. The summed E-state index contributed by atoms with van der Waals surface area (Å²) in [6.45, 7) is 3.48. The molecule has 2 aliphatic rings. The smallest absolute Gasteiger partial charge is 0.416 e. The average molecular weight is 688 g/mol. The number of alkyl halides is 3. The number of hydrogen-bond acceptors (Lipinski definition) is 9. The molecule has 1 atom stereocenters. The van der Waals surface area contributed by atoms with Crippen molar-refractivity contribution >= 4 is 34.1 Å². The number of benzene rings is 2. The molecule has 0 radical (unpaired) electrons. The SMILES string of the molecule is O=C(O)CCN1CCN(c2ncnc(Nc3nc(-c4cc(F)cc(C(F)(F)F)c4)c(CN4CCC[C@H]4Cc4ccccc4)s3)c2F)CC1. The molecule has 2 N–H and O–H groups in total. The highest BCUT2D eigenvalue weighted by atomic mass is 32.1. The van der Waals surface area contributed by atoms with Gasteiger partial charge in [-0.2, -0.15) is 17.6 Å². The molecule has 6 rings (SSSR count). The van der Waals surface area contributed by atoms with Gasteiger partial charge in [-0.1, -0.05) is 41.7 Å². The Morgan fingerprint density at radius 2 is 1.79 bits per heavy atom.